The van der Waals surface area contributed by atoms with Gasteiger partial charge in [-0.15, -0.1) is 0 Å². The van der Waals surface area contributed by atoms with Gasteiger partial charge in [0.05, 0.1) is 36.0 Å². The lowest BCUT2D eigenvalue weighted by atomic mass is 9.80. The fourth-order valence-electron chi connectivity index (χ4n) is 5.83. The number of sulfonamides is 1. The van der Waals surface area contributed by atoms with Gasteiger partial charge < -0.3 is 9.64 Å². The van der Waals surface area contributed by atoms with Crippen molar-refractivity contribution in [2.45, 2.75) is 80.8 Å². The van der Waals surface area contributed by atoms with E-state index in [4.69, 9.17) is 9.57 Å². The fraction of sp³-hybridized carbons (Fsp3) is 0.909. The Kier molecular flexibility index (Phi) is 6.64. The van der Waals surface area contributed by atoms with E-state index in [0.29, 0.717) is 51.9 Å². The van der Waals surface area contributed by atoms with E-state index in [1.807, 2.05) is 6.92 Å². The number of ether oxygens (including phenoxy) is 1. The summed E-state index contributed by atoms with van der Waals surface area (Å²) in [4.78, 5) is 35.6. The van der Waals surface area contributed by atoms with Crippen molar-refractivity contribution < 1.29 is 32.0 Å². The first-order valence-corrected chi connectivity index (χ1v) is 14.0. The van der Waals surface area contributed by atoms with Crippen LogP contribution in [0.4, 0.5) is 9.18 Å². The highest BCUT2D eigenvalue weighted by molar-refractivity contribution is 7.90. The van der Waals surface area contributed by atoms with Crippen LogP contribution >= 0.6 is 0 Å². The molecule has 12 heteroatoms. The molecule has 0 spiro atoms. The summed E-state index contributed by atoms with van der Waals surface area (Å²) in [5, 5.41) is -0.780. The molecule has 6 atom stereocenters. The minimum atomic E-state index is -3.78. The lowest BCUT2D eigenvalue weighted by Crippen LogP contribution is -2.65. The molecule has 0 bridgehead atoms. The summed E-state index contributed by atoms with van der Waals surface area (Å²) >= 11 is 0. The molecule has 6 unspecified atom stereocenters. The maximum Gasteiger partial charge on any atom is 0.327 e. The molecule has 3 heterocycles. The molecule has 2 N–H and O–H groups in total. The van der Waals surface area contributed by atoms with Crippen LogP contribution < -0.4 is 10.2 Å². The number of alkyl halides is 1. The Balaban J connectivity index is 1.35. The van der Waals surface area contributed by atoms with Crippen LogP contribution in [0.1, 0.15) is 51.9 Å². The Morgan fingerprint density at radius 2 is 1.97 bits per heavy atom. The number of carbonyl (C=O) groups is 2. The largest absolute Gasteiger partial charge is 0.381 e. The van der Waals surface area contributed by atoms with Gasteiger partial charge in [0, 0.05) is 31.2 Å². The highest BCUT2D eigenvalue weighted by atomic mass is 32.2. The van der Waals surface area contributed by atoms with Crippen molar-refractivity contribution in [3.05, 3.63) is 0 Å². The Bertz CT molecular complexity index is 909. The molecular weight excluding hydrogens is 467 g/mol. The highest BCUT2D eigenvalue weighted by Crippen LogP contribution is 2.41. The number of imide groups is 1. The van der Waals surface area contributed by atoms with Gasteiger partial charge in [0.1, 0.15) is 6.67 Å². The summed E-state index contributed by atoms with van der Waals surface area (Å²) < 4.78 is 47.6. The van der Waals surface area contributed by atoms with Gasteiger partial charge in [-0.25, -0.2) is 22.3 Å². The van der Waals surface area contributed by atoms with Crippen LogP contribution in [0.5, 0.6) is 0 Å². The first kappa shape index (κ1) is 24.4. The molecule has 192 valence electrons. The van der Waals surface area contributed by atoms with E-state index in [9.17, 15) is 22.4 Å². The molecule has 3 aliphatic heterocycles. The third-order valence-electron chi connectivity index (χ3n) is 8.05. The Labute approximate surface area is 199 Å². The second-order valence-corrected chi connectivity index (χ2v) is 12.7. The number of nitrogens with zero attached hydrogens (tertiary/aromatic N) is 2. The zero-order valence-electron chi connectivity index (χ0n) is 19.6. The van der Waals surface area contributed by atoms with Gasteiger partial charge in [-0.1, -0.05) is 0 Å². The molecule has 3 amide bonds. The van der Waals surface area contributed by atoms with E-state index >= 15 is 0 Å². The quantitative estimate of drug-likeness (QED) is 0.507. The number of urea groups is 1. The lowest BCUT2D eigenvalue weighted by Gasteiger charge is -2.49. The topological polar surface area (TPSA) is 117 Å². The standard InChI is InChI=1S/C22H35FN4O6S/c1-14-8-16(33-24-14)11-27-20(28)18-9-17(34(30,31)25-22(13-23)5-6-22)2-3-19(18)26(21(27)29)10-15-4-7-32-12-15/h14-19,24-25H,2-13H2,1H3. The number of carbonyl (C=O) groups excluding carboxylic acids is 2. The molecule has 5 aliphatic rings. The van der Waals surface area contributed by atoms with Gasteiger partial charge in [-0.2, -0.15) is 5.48 Å². The van der Waals surface area contributed by atoms with Gasteiger partial charge in [-0.3, -0.25) is 14.5 Å². The second-order valence-electron chi connectivity index (χ2n) is 10.8. The molecule has 0 aromatic carbocycles. The van der Waals surface area contributed by atoms with E-state index in [2.05, 4.69) is 10.2 Å². The number of hydroxylamine groups is 1. The number of hydrogen-bond acceptors (Lipinski definition) is 7. The number of fused-ring (bicyclic) bond motifs is 1. The van der Waals surface area contributed by atoms with Gasteiger partial charge in [0.25, 0.3) is 0 Å². The predicted molar refractivity (Wildman–Crippen MR) is 120 cm³/mol. The minimum Gasteiger partial charge on any atom is -0.381 e. The number of amides is 3. The van der Waals surface area contributed by atoms with Crippen LogP contribution in [0.2, 0.25) is 0 Å². The molecule has 5 rings (SSSR count). The zero-order valence-corrected chi connectivity index (χ0v) is 20.4. The molecule has 2 saturated carbocycles. The van der Waals surface area contributed by atoms with Gasteiger partial charge >= 0.3 is 6.03 Å². The first-order valence-electron chi connectivity index (χ1n) is 12.4. The van der Waals surface area contributed by atoms with Crippen molar-refractivity contribution in [2.24, 2.45) is 11.8 Å². The predicted octanol–water partition coefficient (Wildman–Crippen LogP) is 0.928. The van der Waals surface area contributed by atoms with Crippen molar-refractivity contribution in [2.75, 3.05) is 33.0 Å². The third-order valence-corrected chi connectivity index (χ3v) is 10.1. The third kappa shape index (κ3) is 4.71. The lowest BCUT2D eigenvalue weighted by molar-refractivity contribution is -0.142. The monoisotopic (exact) mass is 502 g/mol. The summed E-state index contributed by atoms with van der Waals surface area (Å²) in [7, 11) is -3.78. The Morgan fingerprint density at radius 3 is 2.59 bits per heavy atom. The summed E-state index contributed by atoms with van der Waals surface area (Å²) in [6.45, 7) is 3.11. The van der Waals surface area contributed by atoms with E-state index in [1.165, 1.54) is 4.90 Å². The minimum absolute atomic E-state index is 0.125. The second kappa shape index (κ2) is 9.27. The number of nitrogens with one attached hydrogen (secondary N) is 2. The average Bonchev–Trinajstić information content (AvgIpc) is 3.17. The van der Waals surface area contributed by atoms with Crippen LogP contribution in [0.25, 0.3) is 0 Å². The fourth-order valence-corrected chi connectivity index (χ4v) is 7.77. The van der Waals surface area contributed by atoms with Crippen LogP contribution in [0, 0.1) is 11.8 Å². The molecule has 2 aliphatic carbocycles. The first-order chi connectivity index (χ1) is 16.2. The van der Waals surface area contributed by atoms with Crippen LogP contribution in [0.15, 0.2) is 0 Å². The smallest absolute Gasteiger partial charge is 0.327 e. The number of rotatable bonds is 8. The van der Waals surface area contributed by atoms with Crippen molar-refractivity contribution >= 4 is 22.0 Å². The number of hydrogen-bond donors (Lipinski definition) is 2. The Morgan fingerprint density at radius 1 is 1.18 bits per heavy atom. The summed E-state index contributed by atoms with van der Waals surface area (Å²) in [5.41, 5.74) is 1.91. The molecule has 5 fully saturated rings. The summed E-state index contributed by atoms with van der Waals surface area (Å²) in [5.74, 6) is -0.738. The van der Waals surface area contributed by atoms with Crippen molar-refractivity contribution in [3.8, 4) is 0 Å². The molecule has 0 aromatic heterocycles. The molecule has 0 aromatic rings. The number of halogens is 1. The van der Waals surface area contributed by atoms with Crippen LogP contribution in [-0.2, 0) is 24.4 Å². The van der Waals surface area contributed by atoms with Crippen molar-refractivity contribution in [1.29, 1.82) is 0 Å². The summed E-state index contributed by atoms with van der Waals surface area (Å²) in [6.07, 6.45) is 3.10. The van der Waals surface area contributed by atoms with Crippen LogP contribution in [-0.4, -0.2) is 92.1 Å². The SMILES string of the molecule is CC1CC(CN2C(=O)C3CC(S(=O)(=O)NC4(CF)CC4)CCC3N(CC3CCOC3)C2=O)ON1. The van der Waals surface area contributed by atoms with Gasteiger partial charge in [0.15, 0.2) is 0 Å². The summed E-state index contributed by atoms with van der Waals surface area (Å²) in [6, 6.07) is -0.531. The molecule has 0 radical (unpaired) electrons. The van der Waals surface area contributed by atoms with Crippen molar-refractivity contribution in [1.82, 2.24) is 20.0 Å². The zero-order chi connectivity index (χ0) is 24.1. The normalized spacial score (nSPS) is 37.8. The maximum atomic E-state index is 13.6. The van der Waals surface area contributed by atoms with E-state index in [1.54, 1.807) is 4.90 Å². The van der Waals surface area contributed by atoms with E-state index in [-0.39, 0.29) is 49.0 Å². The van der Waals surface area contributed by atoms with Gasteiger partial charge in [0.2, 0.25) is 15.9 Å². The van der Waals surface area contributed by atoms with E-state index in [0.717, 1.165) is 6.42 Å². The molecule has 10 nitrogen and oxygen atoms in total. The molecule has 34 heavy (non-hydrogen) atoms. The van der Waals surface area contributed by atoms with Crippen molar-refractivity contribution in [3.63, 3.8) is 0 Å². The highest BCUT2D eigenvalue weighted by Gasteiger charge is 2.53. The van der Waals surface area contributed by atoms with Gasteiger partial charge in [-0.05, 0) is 51.9 Å². The molecule has 3 saturated heterocycles. The molecular formula is C22H35FN4O6S. The Hall–Kier alpha value is -1.34. The van der Waals surface area contributed by atoms with Crippen LogP contribution in [0.3, 0.4) is 0 Å². The maximum absolute atomic E-state index is 13.6. The average molecular weight is 503 g/mol. The van der Waals surface area contributed by atoms with E-state index < -0.39 is 33.4 Å².